The molecule has 0 spiro atoms. The van der Waals surface area contributed by atoms with Gasteiger partial charge in [0, 0.05) is 35.5 Å². The van der Waals surface area contributed by atoms with Crippen molar-refractivity contribution in [2.24, 2.45) is 5.73 Å². The van der Waals surface area contributed by atoms with E-state index in [0.717, 1.165) is 29.7 Å². The van der Waals surface area contributed by atoms with Crippen LogP contribution in [0.5, 0.6) is 17.2 Å². The summed E-state index contributed by atoms with van der Waals surface area (Å²) in [6, 6.07) is 10.9. The van der Waals surface area contributed by atoms with Gasteiger partial charge in [-0.2, -0.15) is 11.8 Å². The van der Waals surface area contributed by atoms with Crippen molar-refractivity contribution in [3.05, 3.63) is 53.1 Å². The van der Waals surface area contributed by atoms with Gasteiger partial charge >= 0.3 is 0 Å². The zero-order valence-corrected chi connectivity index (χ0v) is 30.7. The number of carbonyl (C=O) groups excluding carboxylic acids is 2. The summed E-state index contributed by atoms with van der Waals surface area (Å²) in [4.78, 5) is 25.5. The van der Waals surface area contributed by atoms with E-state index in [2.05, 4.69) is 6.92 Å². The molecular formula is C40H63NO5S. The molecular weight excluding hydrogens is 607 g/mol. The number of benzene rings is 2. The van der Waals surface area contributed by atoms with Gasteiger partial charge in [0.1, 0.15) is 0 Å². The number of unbranched alkanes of at least 4 members (excludes halogenated alkanes) is 16. The summed E-state index contributed by atoms with van der Waals surface area (Å²) in [5.41, 5.74) is 8.85. The van der Waals surface area contributed by atoms with E-state index in [0.29, 0.717) is 35.0 Å². The number of rotatable bonds is 29. The summed E-state index contributed by atoms with van der Waals surface area (Å²) in [6.45, 7) is 2.28. The second-order valence-corrected chi connectivity index (χ2v) is 13.8. The van der Waals surface area contributed by atoms with Crippen LogP contribution >= 0.6 is 11.8 Å². The fourth-order valence-corrected chi connectivity index (χ4v) is 6.95. The molecule has 2 aromatic carbocycles. The van der Waals surface area contributed by atoms with Crippen LogP contribution in [0.2, 0.25) is 0 Å². The molecule has 0 aliphatic heterocycles. The Hall–Kier alpha value is -2.51. The van der Waals surface area contributed by atoms with Crippen molar-refractivity contribution in [1.82, 2.24) is 0 Å². The normalized spacial score (nSPS) is 11.8. The number of ketones is 2. The van der Waals surface area contributed by atoms with Crippen molar-refractivity contribution in [3.63, 3.8) is 0 Å². The van der Waals surface area contributed by atoms with E-state index >= 15 is 0 Å². The largest absolute Gasteiger partial charge is 0.493 e. The molecule has 0 fully saturated rings. The van der Waals surface area contributed by atoms with Crippen LogP contribution in [-0.4, -0.2) is 44.7 Å². The van der Waals surface area contributed by atoms with Crippen LogP contribution in [-0.2, 0) is 17.0 Å². The van der Waals surface area contributed by atoms with Crippen molar-refractivity contribution < 1.29 is 23.8 Å². The Balaban J connectivity index is 1.53. The van der Waals surface area contributed by atoms with E-state index < -0.39 is 6.04 Å². The van der Waals surface area contributed by atoms with Gasteiger partial charge in [-0.1, -0.05) is 140 Å². The highest BCUT2D eigenvalue weighted by Gasteiger charge is 2.21. The molecule has 0 aromatic heterocycles. The zero-order valence-electron chi connectivity index (χ0n) is 29.9. The van der Waals surface area contributed by atoms with Crippen LogP contribution < -0.4 is 19.9 Å². The van der Waals surface area contributed by atoms with Gasteiger partial charge in [-0.3, -0.25) is 9.59 Å². The summed E-state index contributed by atoms with van der Waals surface area (Å²) >= 11 is 1.62. The van der Waals surface area contributed by atoms with Crippen molar-refractivity contribution in [2.45, 2.75) is 141 Å². The van der Waals surface area contributed by atoms with Gasteiger partial charge < -0.3 is 19.9 Å². The highest BCUT2D eigenvalue weighted by Crippen LogP contribution is 2.40. The number of nitrogens with two attached hydrogens (primary N) is 1. The number of carbonyl (C=O) groups is 2. The number of hydrogen-bond acceptors (Lipinski definition) is 7. The number of hydrogen-bond donors (Lipinski definition) is 1. The maximum atomic E-state index is 12.9. The first kappa shape index (κ1) is 40.7. The highest BCUT2D eigenvalue weighted by molar-refractivity contribution is 7.98. The minimum atomic E-state index is -0.594. The zero-order chi connectivity index (χ0) is 34.1. The van der Waals surface area contributed by atoms with Gasteiger partial charge in [-0.25, -0.2) is 0 Å². The summed E-state index contributed by atoms with van der Waals surface area (Å²) in [5, 5.41) is 0. The Morgan fingerprint density at radius 1 is 0.660 bits per heavy atom. The summed E-state index contributed by atoms with van der Waals surface area (Å²) in [5.74, 6) is 2.90. The Bertz CT molecular complexity index is 1140. The molecule has 0 unspecified atom stereocenters. The minimum absolute atomic E-state index is 0.0618. The van der Waals surface area contributed by atoms with Crippen molar-refractivity contribution >= 4 is 23.3 Å². The first-order valence-electron chi connectivity index (χ1n) is 18.2. The van der Waals surface area contributed by atoms with Crippen LogP contribution in [0.1, 0.15) is 144 Å². The molecule has 7 heteroatoms. The molecule has 2 rings (SSSR count). The van der Waals surface area contributed by atoms with Crippen LogP contribution in [0, 0.1) is 0 Å². The average Bonchev–Trinajstić information content (AvgIpc) is 3.09. The summed E-state index contributed by atoms with van der Waals surface area (Å²) in [6.07, 6.45) is 23.6. The molecule has 0 radical (unpaired) electrons. The van der Waals surface area contributed by atoms with Gasteiger partial charge in [0.25, 0.3) is 0 Å². The SMILES string of the molecule is CCCCCCCCCCCCCCCCCCCC(=O)c1ccc(CSC[C@H](N)C(=O)Cc2ccc(OC)c(OC)c2OC)cc1. The molecule has 0 amide bonds. The highest BCUT2D eigenvalue weighted by atomic mass is 32.2. The topological polar surface area (TPSA) is 87.9 Å². The third kappa shape index (κ3) is 16.4. The molecule has 0 bridgehead atoms. The van der Waals surface area contributed by atoms with Crippen molar-refractivity contribution in [2.75, 3.05) is 27.1 Å². The lowest BCUT2D eigenvalue weighted by Gasteiger charge is -2.16. The van der Waals surface area contributed by atoms with Gasteiger partial charge in [-0.05, 0) is 18.1 Å². The summed E-state index contributed by atoms with van der Waals surface area (Å²) < 4.78 is 16.2. The quantitative estimate of drug-likeness (QED) is 0.0681. The fraction of sp³-hybridized carbons (Fsp3) is 0.650. The van der Waals surface area contributed by atoms with Gasteiger partial charge in [-0.15, -0.1) is 0 Å². The van der Waals surface area contributed by atoms with E-state index in [-0.39, 0.29) is 18.0 Å². The Kier molecular flexibility index (Phi) is 22.1. The van der Waals surface area contributed by atoms with E-state index in [4.69, 9.17) is 19.9 Å². The van der Waals surface area contributed by atoms with Crippen LogP contribution in [0.15, 0.2) is 36.4 Å². The number of ether oxygens (including phenoxy) is 3. The second-order valence-electron chi connectivity index (χ2n) is 12.8. The fourth-order valence-electron chi connectivity index (χ4n) is 5.96. The average molecular weight is 670 g/mol. The van der Waals surface area contributed by atoms with Gasteiger partial charge in [0.15, 0.2) is 23.1 Å². The maximum absolute atomic E-state index is 12.9. The molecule has 0 aliphatic rings. The van der Waals surface area contributed by atoms with Crippen molar-refractivity contribution in [1.29, 1.82) is 0 Å². The standard InChI is InChI=1S/C40H63NO5S/c1-5-6-7-8-9-10-11-12-13-14-15-16-17-18-19-20-21-22-36(42)33-25-23-32(24-26-33)30-47-31-35(41)37(43)29-34-27-28-38(44-2)40(46-4)39(34)45-3/h23-28,35H,5-22,29-31,41H2,1-4H3/t35-/m0/s1. The molecule has 0 aliphatic carbocycles. The predicted octanol–water partition coefficient (Wildman–Crippen LogP) is 10.3. The first-order valence-corrected chi connectivity index (χ1v) is 19.4. The number of thioether (sulfide) groups is 1. The van der Waals surface area contributed by atoms with Crippen LogP contribution in [0.3, 0.4) is 0 Å². The molecule has 47 heavy (non-hydrogen) atoms. The Morgan fingerprint density at radius 2 is 1.17 bits per heavy atom. The van der Waals surface area contributed by atoms with E-state index in [1.807, 2.05) is 30.3 Å². The molecule has 6 nitrogen and oxygen atoms in total. The molecule has 0 saturated carbocycles. The smallest absolute Gasteiger partial charge is 0.203 e. The molecule has 2 aromatic rings. The lowest BCUT2D eigenvalue weighted by atomic mass is 10.0. The van der Waals surface area contributed by atoms with E-state index in [1.54, 1.807) is 39.2 Å². The lowest BCUT2D eigenvalue weighted by Crippen LogP contribution is -2.34. The maximum Gasteiger partial charge on any atom is 0.203 e. The van der Waals surface area contributed by atoms with Crippen LogP contribution in [0.4, 0.5) is 0 Å². The Labute approximate surface area is 290 Å². The van der Waals surface area contributed by atoms with Crippen LogP contribution in [0.25, 0.3) is 0 Å². The van der Waals surface area contributed by atoms with Gasteiger partial charge in [0.2, 0.25) is 5.75 Å². The predicted molar refractivity (Wildman–Crippen MR) is 198 cm³/mol. The summed E-state index contributed by atoms with van der Waals surface area (Å²) in [7, 11) is 4.64. The first-order chi connectivity index (χ1) is 22.9. The second kappa shape index (κ2) is 25.5. The van der Waals surface area contributed by atoms with Crippen molar-refractivity contribution in [3.8, 4) is 17.2 Å². The Morgan fingerprint density at radius 3 is 1.66 bits per heavy atom. The van der Waals surface area contributed by atoms with E-state index in [9.17, 15) is 9.59 Å². The van der Waals surface area contributed by atoms with Gasteiger partial charge in [0.05, 0.1) is 27.4 Å². The van der Waals surface area contributed by atoms with E-state index in [1.165, 1.54) is 96.3 Å². The monoisotopic (exact) mass is 669 g/mol. The third-order valence-electron chi connectivity index (χ3n) is 8.91. The molecule has 0 saturated heterocycles. The number of Topliss-reactive ketones (excluding diaryl/α,β-unsaturated/α-hetero) is 2. The molecule has 2 N–H and O–H groups in total. The minimum Gasteiger partial charge on any atom is -0.493 e. The molecule has 1 atom stereocenters. The number of methoxy groups -OCH3 is 3. The molecule has 264 valence electrons. The third-order valence-corrected chi connectivity index (χ3v) is 10.0. The lowest BCUT2D eigenvalue weighted by molar-refractivity contribution is -0.119. The molecule has 0 heterocycles.